The average molecular weight is 223 g/mol. The van der Waals surface area contributed by atoms with E-state index in [4.69, 9.17) is 30.5 Å². The molecular weight excluding hydrogens is 208 g/mol. The Morgan fingerprint density at radius 1 is 1.07 bits per heavy atom. The highest BCUT2D eigenvalue weighted by Crippen LogP contribution is 2.30. The van der Waals surface area contributed by atoms with Gasteiger partial charge in [-0.2, -0.15) is 0 Å². The molecule has 4 nitrogen and oxygen atoms in total. The summed E-state index contributed by atoms with van der Waals surface area (Å²) >= 11 is 5.62. The molecule has 2 aliphatic rings. The van der Waals surface area contributed by atoms with Crippen molar-refractivity contribution in [2.45, 2.75) is 19.5 Å². The van der Waals surface area contributed by atoms with Gasteiger partial charge in [-0.3, -0.25) is 0 Å². The second kappa shape index (κ2) is 4.33. The van der Waals surface area contributed by atoms with Gasteiger partial charge in [0.15, 0.2) is 12.6 Å². The SMILES string of the molecule is CC1OCC2(CO1)COC(CCl)OC2. The van der Waals surface area contributed by atoms with Crippen molar-refractivity contribution in [2.75, 3.05) is 32.3 Å². The summed E-state index contributed by atoms with van der Waals surface area (Å²) in [5, 5.41) is 0. The largest absolute Gasteiger partial charge is 0.352 e. The summed E-state index contributed by atoms with van der Waals surface area (Å²) in [6.07, 6.45) is -0.395. The molecule has 82 valence electrons. The van der Waals surface area contributed by atoms with Gasteiger partial charge in [0, 0.05) is 0 Å². The molecule has 2 aliphatic heterocycles. The fraction of sp³-hybridized carbons (Fsp3) is 1.00. The van der Waals surface area contributed by atoms with E-state index in [0.717, 1.165) is 0 Å². The first-order valence-electron chi connectivity index (χ1n) is 4.76. The molecule has 0 aliphatic carbocycles. The molecule has 1 spiro atoms. The first-order chi connectivity index (χ1) is 6.74. The monoisotopic (exact) mass is 222 g/mol. The van der Waals surface area contributed by atoms with Crippen LogP contribution in [0.25, 0.3) is 0 Å². The van der Waals surface area contributed by atoms with E-state index < -0.39 is 0 Å². The fourth-order valence-corrected chi connectivity index (χ4v) is 1.74. The Hall–Kier alpha value is 0.130. The predicted molar refractivity (Wildman–Crippen MR) is 50.2 cm³/mol. The van der Waals surface area contributed by atoms with Gasteiger partial charge in [-0.25, -0.2) is 0 Å². The number of ether oxygens (including phenoxy) is 4. The van der Waals surface area contributed by atoms with Crippen LogP contribution in [0.5, 0.6) is 0 Å². The van der Waals surface area contributed by atoms with Crippen molar-refractivity contribution >= 4 is 11.6 Å². The van der Waals surface area contributed by atoms with E-state index >= 15 is 0 Å². The molecule has 2 heterocycles. The van der Waals surface area contributed by atoms with Crippen molar-refractivity contribution in [2.24, 2.45) is 5.41 Å². The number of alkyl halides is 1. The second-order valence-corrected chi connectivity index (χ2v) is 4.20. The quantitative estimate of drug-likeness (QED) is 0.620. The zero-order valence-electron chi connectivity index (χ0n) is 8.20. The average Bonchev–Trinajstić information content (AvgIpc) is 2.24. The summed E-state index contributed by atoms with van der Waals surface area (Å²) in [6.45, 7) is 4.33. The summed E-state index contributed by atoms with van der Waals surface area (Å²) in [4.78, 5) is 0. The Labute approximate surface area is 88.4 Å². The summed E-state index contributed by atoms with van der Waals surface area (Å²) in [5.41, 5.74) is -0.130. The highest BCUT2D eigenvalue weighted by atomic mass is 35.5. The number of halogens is 1. The highest BCUT2D eigenvalue weighted by molar-refractivity contribution is 6.18. The van der Waals surface area contributed by atoms with Crippen molar-refractivity contribution in [1.29, 1.82) is 0 Å². The third-order valence-corrected chi connectivity index (χ3v) is 2.78. The topological polar surface area (TPSA) is 36.9 Å². The van der Waals surface area contributed by atoms with Crippen molar-refractivity contribution in [3.05, 3.63) is 0 Å². The van der Waals surface area contributed by atoms with E-state index in [1.165, 1.54) is 0 Å². The van der Waals surface area contributed by atoms with Gasteiger partial charge >= 0.3 is 0 Å². The lowest BCUT2D eigenvalue weighted by atomic mass is 9.91. The maximum absolute atomic E-state index is 5.62. The second-order valence-electron chi connectivity index (χ2n) is 3.90. The van der Waals surface area contributed by atoms with Crippen LogP contribution in [0.4, 0.5) is 0 Å². The molecule has 2 rings (SSSR count). The van der Waals surface area contributed by atoms with Crippen LogP contribution in [0, 0.1) is 5.41 Å². The summed E-state index contributed by atoms with van der Waals surface area (Å²) in [7, 11) is 0. The van der Waals surface area contributed by atoms with Gasteiger partial charge in [0.1, 0.15) is 0 Å². The fourth-order valence-electron chi connectivity index (χ4n) is 1.56. The van der Waals surface area contributed by atoms with E-state index in [9.17, 15) is 0 Å². The van der Waals surface area contributed by atoms with Gasteiger partial charge in [-0.05, 0) is 6.92 Å². The molecule has 0 N–H and O–H groups in total. The predicted octanol–water partition coefficient (Wildman–Crippen LogP) is 0.977. The maximum atomic E-state index is 5.62. The van der Waals surface area contributed by atoms with E-state index in [1.54, 1.807) is 0 Å². The van der Waals surface area contributed by atoms with Gasteiger partial charge in [0.25, 0.3) is 0 Å². The van der Waals surface area contributed by atoms with Gasteiger partial charge in [-0.15, -0.1) is 11.6 Å². The van der Waals surface area contributed by atoms with Crippen molar-refractivity contribution in [3.8, 4) is 0 Å². The van der Waals surface area contributed by atoms with Crippen LogP contribution in [-0.2, 0) is 18.9 Å². The van der Waals surface area contributed by atoms with Gasteiger partial charge in [-0.1, -0.05) is 0 Å². The molecule has 0 saturated carbocycles. The van der Waals surface area contributed by atoms with E-state index in [1.807, 2.05) is 6.92 Å². The number of hydrogen-bond donors (Lipinski definition) is 0. The Morgan fingerprint density at radius 3 is 2.07 bits per heavy atom. The maximum Gasteiger partial charge on any atom is 0.171 e. The third-order valence-electron chi connectivity index (χ3n) is 2.53. The first-order valence-corrected chi connectivity index (χ1v) is 5.30. The van der Waals surface area contributed by atoms with E-state index in [0.29, 0.717) is 32.3 Å². The third kappa shape index (κ3) is 2.20. The molecule has 0 atom stereocenters. The minimum absolute atomic E-state index is 0.119. The van der Waals surface area contributed by atoms with Gasteiger partial charge in [0.2, 0.25) is 0 Å². The van der Waals surface area contributed by atoms with Crippen LogP contribution in [0.3, 0.4) is 0 Å². The molecule has 0 aromatic rings. The summed E-state index contributed by atoms with van der Waals surface area (Å²) in [6, 6.07) is 0. The van der Waals surface area contributed by atoms with Crippen LogP contribution in [0.1, 0.15) is 6.92 Å². The van der Waals surface area contributed by atoms with Crippen LogP contribution in [0.2, 0.25) is 0 Å². The smallest absolute Gasteiger partial charge is 0.171 e. The van der Waals surface area contributed by atoms with Crippen LogP contribution < -0.4 is 0 Å². The van der Waals surface area contributed by atoms with Gasteiger partial charge < -0.3 is 18.9 Å². The number of hydrogen-bond acceptors (Lipinski definition) is 4. The standard InChI is InChI=1S/C9H15ClO4/c1-7-11-3-9(4-12-7)5-13-8(2-10)14-6-9/h7-8H,2-6H2,1H3. The zero-order valence-corrected chi connectivity index (χ0v) is 8.96. The summed E-state index contributed by atoms with van der Waals surface area (Å²) in [5.74, 6) is 0.369. The van der Waals surface area contributed by atoms with E-state index in [-0.39, 0.29) is 18.0 Å². The van der Waals surface area contributed by atoms with Crippen LogP contribution >= 0.6 is 11.6 Å². The van der Waals surface area contributed by atoms with Crippen molar-refractivity contribution in [3.63, 3.8) is 0 Å². The Bertz CT molecular complexity index is 181. The van der Waals surface area contributed by atoms with Crippen molar-refractivity contribution in [1.82, 2.24) is 0 Å². The Balaban J connectivity index is 1.86. The molecular formula is C9H15ClO4. The van der Waals surface area contributed by atoms with Crippen LogP contribution in [-0.4, -0.2) is 44.9 Å². The molecule has 0 radical (unpaired) electrons. The van der Waals surface area contributed by atoms with Crippen molar-refractivity contribution < 1.29 is 18.9 Å². The number of rotatable bonds is 1. The molecule has 14 heavy (non-hydrogen) atoms. The lowest BCUT2D eigenvalue weighted by molar-refractivity contribution is -0.294. The molecule has 0 amide bonds. The lowest BCUT2D eigenvalue weighted by Gasteiger charge is -2.42. The molecule has 0 aromatic heterocycles. The molecule has 5 heteroatoms. The molecule has 2 saturated heterocycles. The Kier molecular flexibility index (Phi) is 3.29. The highest BCUT2D eigenvalue weighted by Gasteiger charge is 2.40. The molecule has 0 bridgehead atoms. The summed E-state index contributed by atoms with van der Waals surface area (Å²) < 4.78 is 21.7. The first kappa shape index (κ1) is 10.6. The zero-order chi connectivity index (χ0) is 10.0. The minimum Gasteiger partial charge on any atom is -0.352 e. The molecule has 0 aromatic carbocycles. The molecule has 0 unspecified atom stereocenters. The van der Waals surface area contributed by atoms with Crippen LogP contribution in [0.15, 0.2) is 0 Å². The van der Waals surface area contributed by atoms with E-state index in [2.05, 4.69) is 0 Å². The van der Waals surface area contributed by atoms with Gasteiger partial charge in [0.05, 0.1) is 37.7 Å². The minimum atomic E-state index is -0.276. The normalized spacial score (nSPS) is 44.1. The Morgan fingerprint density at radius 2 is 1.57 bits per heavy atom. The lowest BCUT2D eigenvalue weighted by Crippen LogP contribution is -2.52. The molecule has 2 fully saturated rings.